The van der Waals surface area contributed by atoms with E-state index in [2.05, 4.69) is 29.0 Å². The molecule has 0 N–H and O–H groups in total. The number of hydrogen-bond donors (Lipinski definition) is 0. The van der Waals surface area contributed by atoms with Gasteiger partial charge in [-0.15, -0.1) is 0 Å². The van der Waals surface area contributed by atoms with Crippen LogP contribution in [0.2, 0.25) is 0 Å². The summed E-state index contributed by atoms with van der Waals surface area (Å²) in [6.45, 7) is 7.87. The van der Waals surface area contributed by atoms with E-state index in [-0.39, 0.29) is 0 Å². The zero-order valence-electron chi connectivity index (χ0n) is 13.4. The second-order valence-corrected chi connectivity index (χ2v) is 6.74. The van der Waals surface area contributed by atoms with Crippen molar-refractivity contribution in [3.8, 4) is 0 Å². The lowest BCUT2D eigenvalue weighted by Crippen LogP contribution is -2.47. The smallest absolute Gasteiger partial charge is 0.227 e. The molecule has 0 bridgehead atoms. The number of hydrogen-bond acceptors (Lipinski definition) is 8. The summed E-state index contributed by atoms with van der Waals surface area (Å²) < 4.78 is 4.27. The average Bonchev–Trinajstić information content (AvgIpc) is 3.27. The van der Waals surface area contributed by atoms with Gasteiger partial charge in [-0.25, -0.2) is 9.97 Å². The third kappa shape index (κ3) is 3.08. The molecule has 0 atom stereocenters. The molecule has 0 aromatic carbocycles. The first kappa shape index (κ1) is 14.6. The molecule has 2 fully saturated rings. The van der Waals surface area contributed by atoms with Gasteiger partial charge in [0.15, 0.2) is 0 Å². The summed E-state index contributed by atoms with van der Waals surface area (Å²) in [5.41, 5.74) is 0. The first-order valence-corrected chi connectivity index (χ1v) is 8.95. The summed E-state index contributed by atoms with van der Waals surface area (Å²) in [6, 6.07) is 2.02. The molecule has 0 amide bonds. The molecule has 2 aromatic heterocycles. The summed E-state index contributed by atoms with van der Waals surface area (Å²) in [7, 11) is 0. The van der Waals surface area contributed by atoms with Crippen molar-refractivity contribution < 1.29 is 0 Å². The summed E-state index contributed by atoms with van der Waals surface area (Å²) in [5.74, 6) is 2.77. The van der Waals surface area contributed by atoms with Crippen LogP contribution in [0.5, 0.6) is 0 Å². The van der Waals surface area contributed by atoms with Gasteiger partial charge >= 0.3 is 0 Å². The van der Waals surface area contributed by atoms with E-state index in [1.54, 1.807) is 0 Å². The van der Waals surface area contributed by atoms with Gasteiger partial charge in [0.05, 0.1) is 0 Å². The normalized spacial score (nSPS) is 18.7. The predicted octanol–water partition coefficient (Wildman–Crippen LogP) is 1.56. The fraction of sp³-hybridized carbons (Fsp3) is 0.600. The van der Waals surface area contributed by atoms with Crippen molar-refractivity contribution >= 4 is 28.4 Å². The van der Waals surface area contributed by atoms with E-state index in [1.807, 2.05) is 19.2 Å². The molecule has 4 rings (SSSR count). The van der Waals surface area contributed by atoms with E-state index in [1.165, 1.54) is 24.4 Å². The van der Waals surface area contributed by atoms with Gasteiger partial charge in [0.25, 0.3) is 0 Å². The predicted molar refractivity (Wildman–Crippen MR) is 92.6 cm³/mol. The molecule has 2 saturated heterocycles. The molecular formula is C15H21N7S. The van der Waals surface area contributed by atoms with Crippen LogP contribution in [0.15, 0.2) is 12.3 Å². The second-order valence-electron chi connectivity index (χ2n) is 6.01. The maximum Gasteiger partial charge on any atom is 0.227 e. The lowest BCUT2D eigenvalue weighted by Gasteiger charge is -2.34. The van der Waals surface area contributed by atoms with E-state index >= 15 is 0 Å². The van der Waals surface area contributed by atoms with Gasteiger partial charge in [0, 0.05) is 57.0 Å². The molecule has 122 valence electrons. The molecule has 8 heteroatoms. The van der Waals surface area contributed by atoms with Gasteiger partial charge in [0.2, 0.25) is 11.1 Å². The third-order valence-corrected chi connectivity index (χ3v) is 5.28. The molecular weight excluding hydrogens is 310 g/mol. The van der Waals surface area contributed by atoms with Crippen LogP contribution in [0, 0.1) is 6.92 Å². The van der Waals surface area contributed by atoms with E-state index in [0.29, 0.717) is 0 Å². The van der Waals surface area contributed by atoms with Crippen molar-refractivity contribution in [2.24, 2.45) is 0 Å². The molecule has 2 aliphatic heterocycles. The molecule has 0 radical (unpaired) electrons. The Hall–Kier alpha value is -1.96. The lowest BCUT2D eigenvalue weighted by atomic mass is 10.3. The molecule has 23 heavy (non-hydrogen) atoms. The highest BCUT2D eigenvalue weighted by Gasteiger charge is 2.22. The molecule has 0 unspecified atom stereocenters. The van der Waals surface area contributed by atoms with Crippen LogP contribution < -0.4 is 14.7 Å². The maximum absolute atomic E-state index is 4.78. The van der Waals surface area contributed by atoms with Crippen molar-refractivity contribution in [1.82, 2.24) is 19.3 Å². The molecule has 0 aliphatic carbocycles. The highest BCUT2D eigenvalue weighted by Crippen LogP contribution is 2.22. The first-order valence-electron chi connectivity index (χ1n) is 8.18. The van der Waals surface area contributed by atoms with Gasteiger partial charge < -0.3 is 14.7 Å². The molecule has 4 heterocycles. The highest BCUT2D eigenvalue weighted by atomic mass is 32.1. The Morgan fingerprint density at radius 3 is 2.35 bits per heavy atom. The summed E-state index contributed by atoms with van der Waals surface area (Å²) in [6.07, 6.45) is 4.41. The Balaban J connectivity index is 1.43. The molecule has 0 saturated carbocycles. The standard InChI is InChI=1S/C15H21N7S/c1-12-17-15(23-19-12)22-10-8-21(9-11-22)14-16-5-4-13(18-14)20-6-2-3-7-20/h4-5H,2-3,6-11H2,1H3. The van der Waals surface area contributed by atoms with E-state index in [0.717, 1.165) is 62.0 Å². The number of piperazine rings is 1. The molecule has 0 spiro atoms. The van der Waals surface area contributed by atoms with Gasteiger partial charge in [-0.1, -0.05) is 0 Å². The topological polar surface area (TPSA) is 61.3 Å². The Kier molecular flexibility index (Phi) is 3.99. The Bertz CT molecular complexity index is 659. The van der Waals surface area contributed by atoms with Gasteiger partial charge in [-0.2, -0.15) is 9.36 Å². The number of aromatic nitrogens is 4. The van der Waals surface area contributed by atoms with Crippen LogP contribution in [0.1, 0.15) is 18.7 Å². The van der Waals surface area contributed by atoms with Crippen molar-refractivity contribution in [3.05, 3.63) is 18.1 Å². The van der Waals surface area contributed by atoms with Crippen LogP contribution in [0.25, 0.3) is 0 Å². The summed E-state index contributed by atoms with van der Waals surface area (Å²) in [5, 5.41) is 1.02. The van der Waals surface area contributed by atoms with Crippen LogP contribution >= 0.6 is 11.5 Å². The minimum atomic E-state index is 0.850. The average molecular weight is 331 g/mol. The zero-order valence-corrected chi connectivity index (χ0v) is 14.2. The minimum absolute atomic E-state index is 0.850. The van der Waals surface area contributed by atoms with E-state index in [9.17, 15) is 0 Å². The number of aryl methyl sites for hydroxylation is 1. The molecule has 2 aliphatic rings. The van der Waals surface area contributed by atoms with Gasteiger partial charge in [0.1, 0.15) is 11.6 Å². The maximum atomic E-state index is 4.78. The highest BCUT2D eigenvalue weighted by molar-refractivity contribution is 7.09. The summed E-state index contributed by atoms with van der Waals surface area (Å²) in [4.78, 5) is 20.7. The molecule has 7 nitrogen and oxygen atoms in total. The SMILES string of the molecule is Cc1nsc(N2CCN(c3nccc(N4CCCC4)n3)CC2)n1. The Morgan fingerprint density at radius 1 is 0.913 bits per heavy atom. The Morgan fingerprint density at radius 2 is 1.65 bits per heavy atom. The van der Waals surface area contributed by atoms with E-state index < -0.39 is 0 Å². The fourth-order valence-corrected chi connectivity index (χ4v) is 3.85. The van der Waals surface area contributed by atoms with Crippen LogP contribution in [0.3, 0.4) is 0 Å². The third-order valence-electron chi connectivity index (χ3n) is 4.41. The monoisotopic (exact) mass is 331 g/mol. The van der Waals surface area contributed by atoms with Crippen molar-refractivity contribution in [1.29, 1.82) is 0 Å². The second kappa shape index (κ2) is 6.27. The lowest BCUT2D eigenvalue weighted by molar-refractivity contribution is 0.638. The zero-order chi connectivity index (χ0) is 15.6. The fourth-order valence-electron chi connectivity index (χ4n) is 3.13. The van der Waals surface area contributed by atoms with Crippen LogP contribution in [0.4, 0.5) is 16.9 Å². The number of nitrogens with zero attached hydrogens (tertiary/aromatic N) is 7. The van der Waals surface area contributed by atoms with Crippen LogP contribution in [-0.2, 0) is 0 Å². The van der Waals surface area contributed by atoms with Crippen molar-refractivity contribution in [2.45, 2.75) is 19.8 Å². The van der Waals surface area contributed by atoms with Crippen molar-refractivity contribution in [3.63, 3.8) is 0 Å². The molecule has 2 aromatic rings. The quantitative estimate of drug-likeness (QED) is 0.846. The summed E-state index contributed by atoms with van der Waals surface area (Å²) >= 11 is 1.48. The minimum Gasteiger partial charge on any atom is -0.356 e. The van der Waals surface area contributed by atoms with Crippen LogP contribution in [-0.4, -0.2) is 58.6 Å². The Labute approximate surface area is 140 Å². The largest absolute Gasteiger partial charge is 0.356 e. The van der Waals surface area contributed by atoms with E-state index in [4.69, 9.17) is 4.98 Å². The first-order chi connectivity index (χ1) is 11.3. The van der Waals surface area contributed by atoms with Crippen molar-refractivity contribution in [2.75, 3.05) is 54.0 Å². The van der Waals surface area contributed by atoms with Gasteiger partial charge in [-0.05, 0) is 25.8 Å². The number of anilines is 3. The number of rotatable bonds is 3. The van der Waals surface area contributed by atoms with Gasteiger partial charge in [-0.3, -0.25) is 0 Å².